The molecule has 5 heteroatoms. The minimum atomic E-state index is -0.608. The number of amides is 1. The van der Waals surface area contributed by atoms with Crippen LogP contribution in [0.25, 0.3) is 0 Å². The van der Waals surface area contributed by atoms with Crippen molar-refractivity contribution in [1.29, 1.82) is 0 Å². The summed E-state index contributed by atoms with van der Waals surface area (Å²) in [7, 11) is 0. The molecule has 2 N–H and O–H groups in total. The molecule has 1 atom stereocenters. The summed E-state index contributed by atoms with van der Waals surface area (Å²) >= 11 is 6.22. The average molecular weight is 345 g/mol. The zero-order valence-electron chi connectivity index (χ0n) is 13.3. The smallest absolute Gasteiger partial charge is 0.230 e. The summed E-state index contributed by atoms with van der Waals surface area (Å²) < 4.78 is 0. The normalized spacial score (nSPS) is 18.4. The summed E-state index contributed by atoms with van der Waals surface area (Å²) in [5, 5.41) is 7.12. The molecule has 0 aliphatic carbocycles. The number of hydrogen-bond donors (Lipinski definition) is 2. The molecule has 0 radical (unpaired) electrons. The molecule has 2 rings (SSSR count). The quantitative estimate of drug-likeness (QED) is 0.857. The Morgan fingerprint density at radius 2 is 2.14 bits per heavy atom. The van der Waals surface area contributed by atoms with E-state index in [1.807, 2.05) is 38.1 Å². The van der Waals surface area contributed by atoms with Gasteiger partial charge in [-0.3, -0.25) is 4.79 Å². The van der Waals surface area contributed by atoms with E-state index in [9.17, 15) is 4.79 Å². The molecule has 0 aromatic heterocycles. The number of carbonyl (C=O) groups excluding carboxylic acids is 1. The van der Waals surface area contributed by atoms with Crippen molar-refractivity contribution in [3.63, 3.8) is 0 Å². The number of benzene rings is 1. The first-order chi connectivity index (χ1) is 10.0. The van der Waals surface area contributed by atoms with Crippen molar-refractivity contribution in [2.45, 2.75) is 38.5 Å². The van der Waals surface area contributed by atoms with Crippen molar-refractivity contribution in [3.8, 4) is 0 Å². The lowest BCUT2D eigenvalue weighted by atomic mass is 9.83. The summed E-state index contributed by atoms with van der Waals surface area (Å²) in [6.07, 6.45) is 3.54. The fraction of sp³-hybridized carbons (Fsp3) is 0.588. The number of piperidine rings is 1. The predicted molar refractivity (Wildman–Crippen MR) is 94.9 cm³/mol. The van der Waals surface area contributed by atoms with Gasteiger partial charge in [0.25, 0.3) is 0 Å². The summed E-state index contributed by atoms with van der Waals surface area (Å²) in [5.74, 6) is 0.724. The van der Waals surface area contributed by atoms with Gasteiger partial charge in [-0.2, -0.15) is 0 Å². The van der Waals surface area contributed by atoms with E-state index < -0.39 is 5.41 Å². The van der Waals surface area contributed by atoms with E-state index in [0.29, 0.717) is 10.9 Å². The molecule has 0 bridgehead atoms. The highest BCUT2D eigenvalue weighted by Crippen LogP contribution is 2.29. The van der Waals surface area contributed by atoms with Crippen molar-refractivity contribution in [2.24, 2.45) is 5.92 Å². The lowest BCUT2D eigenvalue weighted by Gasteiger charge is -2.27. The number of carbonyl (C=O) groups is 1. The van der Waals surface area contributed by atoms with E-state index in [-0.39, 0.29) is 18.3 Å². The average Bonchev–Trinajstić information content (AvgIpc) is 2.48. The zero-order valence-corrected chi connectivity index (χ0v) is 14.9. The Labute approximate surface area is 144 Å². The third-order valence-electron chi connectivity index (χ3n) is 4.35. The highest BCUT2D eigenvalue weighted by atomic mass is 35.5. The standard InChI is InChI=1S/C17H25ClN2O.ClH/c1-17(2,14-7-3-4-8-15(14)18)16(21)20-11-9-13-6-5-10-19-12-13;/h3-4,7-8,13,19H,5-6,9-12H2,1-2H3,(H,20,21);1H. The predicted octanol–water partition coefficient (Wildman–Crippen LogP) is 3.55. The van der Waals surface area contributed by atoms with E-state index in [0.717, 1.165) is 31.6 Å². The Hall–Kier alpha value is -0.770. The maximum atomic E-state index is 12.5. The second-order valence-corrected chi connectivity index (χ2v) is 6.77. The van der Waals surface area contributed by atoms with E-state index in [1.165, 1.54) is 12.8 Å². The summed E-state index contributed by atoms with van der Waals surface area (Å²) in [4.78, 5) is 12.5. The largest absolute Gasteiger partial charge is 0.355 e. The van der Waals surface area contributed by atoms with Gasteiger partial charge < -0.3 is 10.6 Å². The molecule has 1 aliphatic heterocycles. The van der Waals surface area contributed by atoms with Gasteiger partial charge in [-0.15, -0.1) is 12.4 Å². The van der Waals surface area contributed by atoms with Crippen LogP contribution in [0, 0.1) is 5.92 Å². The van der Waals surface area contributed by atoms with Gasteiger partial charge in [-0.25, -0.2) is 0 Å². The van der Waals surface area contributed by atoms with Crippen molar-refractivity contribution >= 4 is 29.9 Å². The van der Waals surface area contributed by atoms with Crippen LogP contribution >= 0.6 is 24.0 Å². The molecule has 0 spiro atoms. The van der Waals surface area contributed by atoms with Crippen molar-refractivity contribution < 1.29 is 4.79 Å². The van der Waals surface area contributed by atoms with Crippen LogP contribution in [0.1, 0.15) is 38.7 Å². The maximum absolute atomic E-state index is 12.5. The molecular formula is C17H26Cl2N2O. The first kappa shape index (κ1) is 19.3. The summed E-state index contributed by atoms with van der Waals surface area (Å²) in [6.45, 7) is 6.78. The van der Waals surface area contributed by atoms with Crippen LogP contribution in [0.3, 0.4) is 0 Å². The van der Waals surface area contributed by atoms with Crippen LogP contribution in [0.15, 0.2) is 24.3 Å². The molecule has 124 valence electrons. The SMILES string of the molecule is CC(C)(C(=O)NCCC1CCCNC1)c1ccccc1Cl.Cl. The van der Waals surface area contributed by atoms with Crippen molar-refractivity contribution in [2.75, 3.05) is 19.6 Å². The van der Waals surface area contributed by atoms with E-state index >= 15 is 0 Å². The minimum Gasteiger partial charge on any atom is -0.355 e. The lowest BCUT2D eigenvalue weighted by molar-refractivity contribution is -0.125. The topological polar surface area (TPSA) is 41.1 Å². The third-order valence-corrected chi connectivity index (χ3v) is 4.68. The molecule has 1 aromatic carbocycles. The van der Waals surface area contributed by atoms with Gasteiger partial charge in [0.05, 0.1) is 5.41 Å². The molecule has 22 heavy (non-hydrogen) atoms. The molecule has 1 unspecified atom stereocenters. The van der Waals surface area contributed by atoms with Gasteiger partial charge in [0.2, 0.25) is 5.91 Å². The molecule has 1 aliphatic rings. The van der Waals surface area contributed by atoms with Crippen LogP contribution in [-0.2, 0) is 10.2 Å². The second kappa shape index (κ2) is 8.76. The van der Waals surface area contributed by atoms with Gasteiger partial charge >= 0.3 is 0 Å². The van der Waals surface area contributed by atoms with Crippen LogP contribution in [-0.4, -0.2) is 25.5 Å². The molecular weight excluding hydrogens is 319 g/mol. The zero-order chi connectivity index (χ0) is 15.3. The monoisotopic (exact) mass is 344 g/mol. The van der Waals surface area contributed by atoms with E-state index in [1.54, 1.807) is 0 Å². The third kappa shape index (κ3) is 4.87. The Balaban J connectivity index is 0.00000242. The van der Waals surface area contributed by atoms with Crippen LogP contribution in [0.2, 0.25) is 5.02 Å². The van der Waals surface area contributed by atoms with E-state index in [2.05, 4.69) is 10.6 Å². The summed E-state index contributed by atoms with van der Waals surface area (Å²) in [5.41, 5.74) is 0.270. The van der Waals surface area contributed by atoms with Crippen LogP contribution < -0.4 is 10.6 Å². The molecule has 1 saturated heterocycles. The number of halogens is 2. The van der Waals surface area contributed by atoms with Gasteiger partial charge in [0.15, 0.2) is 0 Å². The Bertz CT molecular complexity index is 485. The fourth-order valence-corrected chi connectivity index (χ4v) is 3.24. The van der Waals surface area contributed by atoms with Gasteiger partial charge in [-0.1, -0.05) is 29.8 Å². The Morgan fingerprint density at radius 3 is 2.77 bits per heavy atom. The first-order valence-corrected chi connectivity index (χ1v) is 8.13. The molecule has 1 fully saturated rings. The van der Waals surface area contributed by atoms with Crippen LogP contribution in [0.5, 0.6) is 0 Å². The Morgan fingerprint density at radius 1 is 1.41 bits per heavy atom. The minimum absolute atomic E-state index is 0. The van der Waals surface area contributed by atoms with Crippen molar-refractivity contribution in [1.82, 2.24) is 10.6 Å². The first-order valence-electron chi connectivity index (χ1n) is 7.76. The van der Waals surface area contributed by atoms with Gasteiger partial charge in [-0.05, 0) is 63.7 Å². The summed E-state index contributed by atoms with van der Waals surface area (Å²) in [6, 6.07) is 7.56. The molecule has 3 nitrogen and oxygen atoms in total. The maximum Gasteiger partial charge on any atom is 0.230 e. The fourth-order valence-electron chi connectivity index (χ4n) is 2.87. The lowest BCUT2D eigenvalue weighted by Crippen LogP contribution is -2.41. The highest BCUT2D eigenvalue weighted by Gasteiger charge is 2.31. The highest BCUT2D eigenvalue weighted by molar-refractivity contribution is 6.31. The van der Waals surface area contributed by atoms with E-state index in [4.69, 9.17) is 11.6 Å². The Kier molecular flexibility index (Phi) is 7.67. The number of rotatable bonds is 5. The molecule has 1 heterocycles. The number of nitrogens with one attached hydrogen (secondary N) is 2. The van der Waals surface area contributed by atoms with Crippen LogP contribution in [0.4, 0.5) is 0 Å². The molecule has 0 saturated carbocycles. The number of hydrogen-bond acceptors (Lipinski definition) is 2. The van der Waals surface area contributed by atoms with Crippen molar-refractivity contribution in [3.05, 3.63) is 34.9 Å². The molecule has 1 amide bonds. The van der Waals surface area contributed by atoms with Gasteiger partial charge in [0, 0.05) is 11.6 Å². The molecule has 1 aromatic rings. The van der Waals surface area contributed by atoms with Gasteiger partial charge in [0.1, 0.15) is 0 Å². The second-order valence-electron chi connectivity index (χ2n) is 6.36.